The zero-order chi connectivity index (χ0) is 11.4. The van der Waals surface area contributed by atoms with Crippen LogP contribution in [0.4, 0.5) is 0 Å². The van der Waals surface area contributed by atoms with Crippen molar-refractivity contribution in [3.05, 3.63) is 29.7 Å². The van der Waals surface area contributed by atoms with E-state index in [2.05, 4.69) is 16.0 Å². The van der Waals surface area contributed by atoms with Crippen LogP contribution in [0, 0.1) is 0 Å². The Morgan fingerprint density at radius 2 is 2.25 bits per heavy atom. The first-order valence-corrected chi connectivity index (χ1v) is 5.61. The van der Waals surface area contributed by atoms with E-state index in [1.54, 1.807) is 13.2 Å². The molecule has 4 nitrogen and oxygen atoms in total. The van der Waals surface area contributed by atoms with Gasteiger partial charge in [-0.25, -0.2) is 9.97 Å². The van der Waals surface area contributed by atoms with Gasteiger partial charge in [0.15, 0.2) is 0 Å². The molecule has 4 heteroatoms. The summed E-state index contributed by atoms with van der Waals surface area (Å²) in [4.78, 5) is 8.18. The van der Waals surface area contributed by atoms with Gasteiger partial charge >= 0.3 is 0 Å². The van der Waals surface area contributed by atoms with E-state index in [0.717, 1.165) is 18.5 Å². The van der Waals surface area contributed by atoms with Gasteiger partial charge in [-0.05, 0) is 25.7 Å². The van der Waals surface area contributed by atoms with E-state index in [1.807, 2.05) is 0 Å². The highest BCUT2D eigenvalue weighted by Gasteiger charge is 2.15. The number of nitrogens with two attached hydrogens (primary N) is 1. The topological polar surface area (TPSA) is 61.0 Å². The minimum absolute atomic E-state index is 0.114. The smallest absolute Gasteiger partial charge is 0.216 e. The molecule has 0 radical (unpaired) electrons. The van der Waals surface area contributed by atoms with Crippen molar-refractivity contribution in [2.75, 3.05) is 7.11 Å². The molecule has 1 heterocycles. The van der Waals surface area contributed by atoms with Crippen LogP contribution in [-0.4, -0.2) is 17.1 Å². The summed E-state index contributed by atoms with van der Waals surface area (Å²) >= 11 is 0. The minimum atomic E-state index is -0.114. The molecule has 1 aromatic heterocycles. The van der Waals surface area contributed by atoms with Crippen LogP contribution in [-0.2, 0) is 0 Å². The van der Waals surface area contributed by atoms with Gasteiger partial charge in [0.25, 0.3) is 0 Å². The summed E-state index contributed by atoms with van der Waals surface area (Å²) in [5.41, 5.74) is 8.30. The fourth-order valence-corrected chi connectivity index (χ4v) is 1.97. The van der Waals surface area contributed by atoms with Crippen molar-refractivity contribution in [3.63, 3.8) is 0 Å². The van der Waals surface area contributed by atoms with Gasteiger partial charge in [0, 0.05) is 6.07 Å². The fraction of sp³-hybridized carbons (Fsp3) is 0.500. The third kappa shape index (κ3) is 2.39. The zero-order valence-electron chi connectivity index (χ0n) is 9.52. The van der Waals surface area contributed by atoms with Gasteiger partial charge in [0.05, 0.1) is 18.8 Å². The molecule has 1 atom stereocenters. The van der Waals surface area contributed by atoms with E-state index < -0.39 is 0 Å². The lowest BCUT2D eigenvalue weighted by Gasteiger charge is -2.19. The van der Waals surface area contributed by atoms with Crippen LogP contribution in [0.15, 0.2) is 24.0 Å². The third-order valence-corrected chi connectivity index (χ3v) is 2.92. The lowest BCUT2D eigenvalue weighted by Crippen LogP contribution is -2.16. The van der Waals surface area contributed by atoms with Gasteiger partial charge in [-0.1, -0.05) is 11.6 Å². The van der Waals surface area contributed by atoms with Crippen LogP contribution in [0.1, 0.15) is 37.4 Å². The first-order valence-electron chi connectivity index (χ1n) is 5.61. The molecule has 1 aliphatic rings. The molecule has 0 saturated heterocycles. The first kappa shape index (κ1) is 11.1. The molecule has 0 saturated carbocycles. The van der Waals surface area contributed by atoms with E-state index >= 15 is 0 Å². The van der Waals surface area contributed by atoms with Crippen molar-refractivity contribution in [1.82, 2.24) is 9.97 Å². The van der Waals surface area contributed by atoms with Crippen LogP contribution in [0.3, 0.4) is 0 Å². The van der Waals surface area contributed by atoms with Crippen LogP contribution in [0.5, 0.6) is 5.88 Å². The number of rotatable bonds is 3. The largest absolute Gasteiger partial charge is 0.481 e. The summed E-state index contributed by atoms with van der Waals surface area (Å²) in [6.45, 7) is 0. The summed E-state index contributed by atoms with van der Waals surface area (Å²) in [5.74, 6) is 0.567. The van der Waals surface area contributed by atoms with Crippen LogP contribution < -0.4 is 10.5 Å². The predicted molar refractivity (Wildman–Crippen MR) is 62.1 cm³/mol. The van der Waals surface area contributed by atoms with Crippen LogP contribution >= 0.6 is 0 Å². The quantitative estimate of drug-likeness (QED) is 0.790. The molecule has 1 unspecified atom stereocenters. The van der Waals surface area contributed by atoms with Gasteiger partial charge in [0.2, 0.25) is 5.88 Å². The predicted octanol–water partition coefficient (Wildman–Crippen LogP) is 1.99. The second-order valence-corrected chi connectivity index (χ2v) is 3.99. The Balaban J connectivity index is 2.19. The van der Waals surface area contributed by atoms with Crippen molar-refractivity contribution in [2.45, 2.75) is 31.7 Å². The normalized spacial score (nSPS) is 17.8. The molecule has 0 aromatic carbocycles. The lowest BCUT2D eigenvalue weighted by molar-refractivity contribution is 0.395. The van der Waals surface area contributed by atoms with Crippen LogP contribution in [0.2, 0.25) is 0 Å². The summed E-state index contributed by atoms with van der Waals surface area (Å²) in [6, 6.07) is 1.69. The molecule has 1 aromatic rings. The number of hydrogen-bond donors (Lipinski definition) is 1. The number of nitrogens with zero attached hydrogens (tertiary/aromatic N) is 2. The van der Waals surface area contributed by atoms with E-state index in [0.29, 0.717) is 5.88 Å². The molecule has 0 fully saturated rings. The van der Waals surface area contributed by atoms with Crippen molar-refractivity contribution >= 4 is 0 Å². The summed E-state index contributed by atoms with van der Waals surface area (Å²) in [7, 11) is 1.59. The summed E-state index contributed by atoms with van der Waals surface area (Å²) in [5, 5.41) is 0. The van der Waals surface area contributed by atoms with Crippen molar-refractivity contribution in [2.24, 2.45) is 5.73 Å². The highest BCUT2D eigenvalue weighted by Crippen LogP contribution is 2.27. The van der Waals surface area contributed by atoms with Crippen molar-refractivity contribution in [3.8, 4) is 5.88 Å². The number of methoxy groups -OCH3 is 1. The number of aromatic nitrogens is 2. The number of allylic oxidation sites excluding steroid dienone is 1. The highest BCUT2D eigenvalue weighted by atomic mass is 16.5. The zero-order valence-corrected chi connectivity index (χ0v) is 9.52. The highest BCUT2D eigenvalue weighted by molar-refractivity contribution is 5.25. The van der Waals surface area contributed by atoms with E-state index in [4.69, 9.17) is 10.5 Å². The van der Waals surface area contributed by atoms with Crippen LogP contribution in [0.25, 0.3) is 0 Å². The fourth-order valence-electron chi connectivity index (χ4n) is 1.97. The van der Waals surface area contributed by atoms with Gasteiger partial charge < -0.3 is 10.5 Å². The Labute approximate surface area is 95.5 Å². The Morgan fingerprint density at radius 1 is 1.38 bits per heavy atom. The molecule has 2 rings (SSSR count). The Kier molecular flexibility index (Phi) is 3.51. The van der Waals surface area contributed by atoms with Crippen molar-refractivity contribution in [1.29, 1.82) is 0 Å². The molecule has 0 bridgehead atoms. The molecule has 0 spiro atoms. The second-order valence-electron chi connectivity index (χ2n) is 3.99. The molecule has 0 aliphatic heterocycles. The maximum Gasteiger partial charge on any atom is 0.216 e. The number of ether oxygens (including phenoxy) is 1. The molecule has 0 amide bonds. The molecule has 16 heavy (non-hydrogen) atoms. The SMILES string of the molecule is COc1cc(C(N)C2=CCCCC2)ncn1. The summed E-state index contributed by atoms with van der Waals surface area (Å²) in [6.07, 6.45) is 8.43. The monoisotopic (exact) mass is 219 g/mol. The Bertz CT molecular complexity index is 390. The average Bonchev–Trinajstić information content (AvgIpc) is 2.39. The Hall–Kier alpha value is -1.42. The average molecular weight is 219 g/mol. The van der Waals surface area contributed by atoms with E-state index in [-0.39, 0.29) is 6.04 Å². The molecule has 1 aliphatic carbocycles. The molecular weight excluding hydrogens is 202 g/mol. The number of hydrogen-bond acceptors (Lipinski definition) is 4. The molecule has 86 valence electrons. The first-order chi connectivity index (χ1) is 7.81. The van der Waals surface area contributed by atoms with Gasteiger partial charge in [-0.15, -0.1) is 0 Å². The van der Waals surface area contributed by atoms with Crippen molar-refractivity contribution < 1.29 is 4.74 Å². The second kappa shape index (κ2) is 5.07. The minimum Gasteiger partial charge on any atom is -0.481 e. The summed E-state index contributed by atoms with van der Waals surface area (Å²) < 4.78 is 5.07. The maximum atomic E-state index is 6.18. The lowest BCUT2D eigenvalue weighted by atomic mass is 9.93. The maximum absolute atomic E-state index is 6.18. The molecular formula is C12H17N3O. The van der Waals surface area contributed by atoms with E-state index in [9.17, 15) is 0 Å². The van der Waals surface area contributed by atoms with Gasteiger partial charge in [-0.2, -0.15) is 0 Å². The van der Waals surface area contributed by atoms with E-state index in [1.165, 1.54) is 24.7 Å². The Morgan fingerprint density at radius 3 is 2.94 bits per heavy atom. The standard InChI is InChI=1S/C12H17N3O/c1-16-11-7-10(14-8-15-11)12(13)9-5-3-2-4-6-9/h5,7-8,12H,2-4,6,13H2,1H3. The van der Waals surface area contributed by atoms with Gasteiger partial charge in [0.1, 0.15) is 6.33 Å². The van der Waals surface area contributed by atoms with Gasteiger partial charge in [-0.3, -0.25) is 0 Å². The molecule has 2 N–H and O–H groups in total. The third-order valence-electron chi connectivity index (χ3n) is 2.92.